The summed E-state index contributed by atoms with van der Waals surface area (Å²) in [6.07, 6.45) is -3.17. The Kier molecular flexibility index (Phi) is 9.46. The normalized spacial score (nSPS) is 16.3. The number of aromatic nitrogens is 2. The van der Waals surface area contributed by atoms with Crippen LogP contribution in [0.2, 0.25) is 10.0 Å². The smallest absolute Gasteiger partial charge is 0.355 e. The van der Waals surface area contributed by atoms with Crippen LogP contribution in [-0.2, 0) is 33.9 Å². The molecule has 0 bridgehead atoms. The Hall–Kier alpha value is -2.87. The van der Waals surface area contributed by atoms with Crippen LogP contribution in [0.15, 0.2) is 38.8 Å². The van der Waals surface area contributed by atoms with Crippen molar-refractivity contribution in [3.63, 3.8) is 0 Å². The number of carbonyl (C=O) groups is 1. The highest BCUT2D eigenvalue weighted by atomic mass is 35.5. The van der Waals surface area contributed by atoms with Crippen molar-refractivity contribution in [3.8, 4) is 0 Å². The van der Waals surface area contributed by atoms with Crippen molar-refractivity contribution in [1.82, 2.24) is 19.8 Å². The molecule has 1 atom stereocenters. The molecule has 9 nitrogen and oxygen atoms in total. The van der Waals surface area contributed by atoms with Gasteiger partial charge in [-0.05, 0) is 61.2 Å². The number of amides is 1. The van der Waals surface area contributed by atoms with E-state index < -0.39 is 55.8 Å². The molecule has 228 valence electrons. The molecule has 0 spiro atoms. The highest BCUT2D eigenvalue weighted by Crippen LogP contribution is 2.39. The molecule has 0 aliphatic carbocycles. The molecular weight excluding hydrogens is 620 g/mol. The topological polar surface area (TPSA) is 121 Å². The summed E-state index contributed by atoms with van der Waals surface area (Å²) < 4.78 is 68.9. The zero-order valence-corrected chi connectivity index (χ0v) is 25.1. The number of hydrogen-bond donors (Lipinski definition) is 2. The minimum Gasteiger partial charge on any atom is -0.355 e. The fourth-order valence-corrected chi connectivity index (χ4v) is 6.74. The molecule has 42 heavy (non-hydrogen) atoms. The highest BCUT2D eigenvalue weighted by molar-refractivity contribution is 7.91. The Morgan fingerprint density at radius 2 is 1.86 bits per heavy atom. The number of H-pyrrole nitrogens is 1. The molecule has 15 heteroatoms. The number of carbonyl (C=O) groups excluding carboxylic acids is 1. The number of halogens is 5. The molecule has 3 aromatic rings. The van der Waals surface area contributed by atoms with E-state index in [0.29, 0.717) is 43.0 Å². The summed E-state index contributed by atoms with van der Waals surface area (Å²) >= 11 is 12.5. The first-order chi connectivity index (χ1) is 19.7. The monoisotopic (exact) mass is 648 g/mol. The number of nitrogens with zero attached hydrogens (tertiary/aromatic N) is 2. The average molecular weight is 650 g/mol. The number of sulfone groups is 1. The van der Waals surface area contributed by atoms with Gasteiger partial charge in [-0.15, -0.1) is 0 Å². The van der Waals surface area contributed by atoms with Crippen LogP contribution in [-0.4, -0.2) is 53.7 Å². The first kappa shape index (κ1) is 32.1. The third-order valence-electron chi connectivity index (χ3n) is 7.27. The zero-order chi connectivity index (χ0) is 31.0. The van der Waals surface area contributed by atoms with E-state index in [9.17, 15) is 36.0 Å². The molecule has 1 saturated heterocycles. The van der Waals surface area contributed by atoms with Gasteiger partial charge in [0.15, 0.2) is 9.84 Å². The lowest BCUT2D eigenvalue weighted by atomic mass is 10.0. The number of nitrogens with one attached hydrogen (secondary N) is 2. The van der Waals surface area contributed by atoms with E-state index in [1.807, 2.05) is 6.92 Å². The summed E-state index contributed by atoms with van der Waals surface area (Å²) in [5.74, 6) is -0.558. The predicted molar refractivity (Wildman–Crippen MR) is 154 cm³/mol. The first-order valence-corrected chi connectivity index (χ1v) is 15.7. The Morgan fingerprint density at radius 3 is 2.50 bits per heavy atom. The van der Waals surface area contributed by atoms with Crippen LogP contribution in [0.4, 0.5) is 13.2 Å². The van der Waals surface area contributed by atoms with Crippen LogP contribution in [0.3, 0.4) is 0 Å². The van der Waals surface area contributed by atoms with Crippen molar-refractivity contribution in [3.05, 3.63) is 71.8 Å². The van der Waals surface area contributed by atoms with E-state index in [0.717, 1.165) is 0 Å². The van der Waals surface area contributed by atoms with Crippen LogP contribution in [0.25, 0.3) is 10.9 Å². The number of likely N-dealkylation sites (tertiary alicyclic amines) is 1. The van der Waals surface area contributed by atoms with Crippen LogP contribution < -0.4 is 16.6 Å². The summed E-state index contributed by atoms with van der Waals surface area (Å²) in [6, 6.07) is 3.85. The second-order valence-electron chi connectivity index (χ2n) is 10.0. The maximum Gasteiger partial charge on any atom is 0.416 e. The Balaban J connectivity index is 1.85. The molecule has 1 aliphatic heterocycles. The molecule has 0 saturated carbocycles. The number of alkyl halides is 3. The van der Waals surface area contributed by atoms with Gasteiger partial charge < -0.3 is 10.3 Å². The van der Waals surface area contributed by atoms with E-state index >= 15 is 0 Å². The van der Waals surface area contributed by atoms with Crippen molar-refractivity contribution in [2.24, 2.45) is 0 Å². The zero-order valence-electron chi connectivity index (χ0n) is 22.8. The Morgan fingerprint density at radius 1 is 1.14 bits per heavy atom. The maximum atomic E-state index is 14.4. The minimum atomic E-state index is -4.92. The lowest BCUT2D eigenvalue weighted by molar-refractivity contribution is -0.138. The van der Waals surface area contributed by atoms with Gasteiger partial charge in [-0.1, -0.05) is 37.0 Å². The van der Waals surface area contributed by atoms with Crippen molar-refractivity contribution < 1.29 is 26.4 Å². The number of rotatable bonds is 9. The molecule has 1 aliphatic rings. The molecule has 2 N–H and O–H groups in total. The van der Waals surface area contributed by atoms with Gasteiger partial charge in [-0.3, -0.25) is 19.1 Å². The van der Waals surface area contributed by atoms with E-state index in [2.05, 4.69) is 10.3 Å². The summed E-state index contributed by atoms with van der Waals surface area (Å²) in [5.41, 5.74) is -3.90. The molecule has 2 heterocycles. The van der Waals surface area contributed by atoms with Gasteiger partial charge in [0, 0.05) is 18.1 Å². The average Bonchev–Trinajstić information content (AvgIpc) is 3.39. The maximum absolute atomic E-state index is 14.4. The fraction of sp³-hybridized carbons (Fsp3) is 0.444. The van der Waals surface area contributed by atoms with E-state index in [1.54, 1.807) is 4.90 Å². The minimum absolute atomic E-state index is 0.0245. The van der Waals surface area contributed by atoms with E-state index in [1.165, 1.54) is 25.1 Å². The van der Waals surface area contributed by atoms with Gasteiger partial charge >= 0.3 is 11.9 Å². The number of hydrogen-bond acceptors (Lipinski definition) is 6. The molecule has 4 rings (SSSR count). The second-order valence-corrected chi connectivity index (χ2v) is 13.1. The second kappa shape index (κ2) is 12.4. The SMILES string of the molecule is CCCNC(=O)[C@@H]1CCCN1Cc1c(C(F)(F)F)cc2c(=O)n(Cc3cc(Cl)ccc3S(=O)(=O)CC)c(=O)[nH]c2c1Cl. The number of aromatic amines is 1. The fourth-order valence-electron chi connectivity index (χ4n) is 5.13. The van der Waals surface area contributed by atoms with Gasteiger partial charge in [-0.25, -0.2) is 13.2 Å². The van der Waals surface area contributed by atoms with Gasteiger partial charge in [0.2, 0.25) is 5.91 Å². The van der Waals surface area contributed by atoms with Crippen LogP contribution in [0, 0.1) is 0 Å². The van der Waals surface area contributed by atoms with Gasteiger partial charge in [0.25, 0.3) is 5.56 Å². The number of fused-ring (bicyclic) bond motifs is 1. The molecule has 1 fully saturated rings. The largest absolute Gasteiger partial charge is 0.416 e. The van der Waals surface area contributed by atoms with Crippen molar-refractivity contribution in [1.29, 1.82) is 0 Å². The Labute approximate surface area is 249 Å². The quantitative estimate of drug-likeness (QED) is 0.356. The van der Waals surface area contributed by atoms with Crippen LogP contribution >= 0.6 is 23.2 Å². The molecule has 1 amide bonds. The predicted octanol–water partition coefficient (Wildman–Crippen LogP) is 4.35. The number of benzene rings is 2. The van der Waals surface area contributed by atoms with Gasteiger partial charge in [0.05, 0.1) is 44.7 Å². The van der Waals surface area contributed by atoms with Gasteiger partial charge in [0.1, 0.15) is 0 Å². The molecule has 0 unspecified atom stereocenters. The molecule has 0 radical (unpaired) electrons. The van der Waals surface area contributed by atoms with Crippen LogP contribution in [0.1, 0.15) is 49.8 Å². The van der Waals surface area contributed by atoms with E-state index in [-0.39, 0.29) is 44.8 Å². The summed E-state index contributed by atoms with van der Waals surface area (Å²) in [4.78, 5) is 43.0. The summed E-state index contributed by atoms with van der Waals surface area (Å²) in [6.45, 7) is 3.19. The standard InChI is InChI=1S/C27H29Cl2F3N4O5S/c1-3-9-33-24(37)20-6-5-10-35(20)14-18-19(27(30,31)32)12-17-23(22(18)29)34-26(39)36(25(17)38)13-15-11-16(28)7-8-21(15)42(40,41)4-2/h7-8,11-12,20H,3-6,9-10,13-14H2,1-2H3,(H,33,37)(H,34,39)/t20-/m0/s1. The van der Waals surface area contributed by atoms with Gasteiger partial charge in [-0.2, -0.15) is 13.2 Å². The van der Waals surface area contributed by atoms with E-state index in [4.69, 9.17) is 23.2 Å². The third-order valence-corrected chi connectivity index (χ3v) is 9.75. The van der Waals surface area contributed by atoms with Crippen molar-refractivity contribution >= 4 is 49.8 Å². The van der Waals surface area contributed by atoms with Crippen LogP contribution in [0.5, 0.6) is 0 Å². The first-order valence-electron chi connectivity index (χ1n) is 13.3. The summed E-state index contributed by atoms with van der Waals surface area (Å²) in [5, 5.41) is 1.94. The molecule has 1 aromatic heterocycles. The van der Waals surface area contributed by atoms with Crippen molar-refractivity contribution in [2.75, 3.05) is 18.8 Å². The lowest BCUT2D eigenvalue weighted by Crippen LogP contribution is -2.43. The summed E-state index contributed by atoms with van der Waals surface area (Å²) in [7, 11) is -3.79. The third kappa shape index (κ3) is 6.38. The van der Waals surface area contributed by atoms with Crippen molar-refractivity contribution in [2.45, 2.75) is 63.3 Å². The molecular formula is C27H29Cl2F3N4O5S. The lowest BCUT2D eigenvalue weighted by Gasteiger charge is -2.26. The Bertz CT molecular complexity index is 1760. The molecule has 2 aromatic carbocycles. The highest BCUT2D eigenvalue weighted by Gasteiger charge is 2.38.